The fraction of sp³-hybridized carbons (Fsp3) is 0.647. The van der Waals surface area contributed by atoms with Crippen LogP contribution in [0.3, 0.4) is 0 Å². The molecule has 2 atom stereocenters. The fourth-order valence-corrected chi connectivity index (χ4v) is 3.78. The highest BCUT2D eigenvalue weighted by Crippen LogP contribution is 2.25. The number of nitrogens with zero attached hydrogens (tertiary/aromatic N) is 1. The van der Waals surface area contributed by atoms with Gasteiger partial charge in [-0.2, -0.15) is 11.8 Å². The minimum Gasteiger partial charge on any atom is -0.310 e. The van der Waals surface area contributed by atoms with E-state index in [4.69, 9.17) is 11.6 Å². The lowest BCUT2D eigenvalue weighted by atomic mass is 10.0. The van der Waals surface area contributed by atoms with Gasteiger partial charge < -0.3 is 10.2 Å². The van der Waals surface area contributed by atoms with E-state index in [9.17, 15) is 0 Å². The molecule has 0 aliphatic rings. The third-order valence-electron chi connectivity index (χ3n) is 3.96. The number of benzene rings is 1. The van der Waals surface area contributed by atoms with E-state index in [1.807, 2.05) is 23.9 Å². The predicted molar refractivity (Wildman–Crippen MR) is 97.6 cm³/mol. The molecule has 0 spiro atoms. The molecule has 1 aromatic carbocycles. The van der Waals surface area contributed by atoms with Gasteiger partial charge in [0.2, 0.25) is 0 Å². The Bertz CT molecular complexity index is 400. The number of rotatable bonds is 10. The monoisotopic (exact) mass is 328 g/mol. The number of hydrogen-bond acceptors (Lipinski definition) is 3. The van der Waals surface area contributed by atoms with Crippen LogP contribution < -0.4 is 5.32 Å². The van der Waals surface area contributed by atoms with Gasteiger partial charge >= 0.3 is 0 Å². The topological polar surface area (TPSA) is 15.3 Å². The Labute approximate surface area is 139 Å². The van der Waals surface area contributed by atoms with Crippen LogP contribution in [0.1, 0.15) is 38.3 Å². The van der Waals surface area contributed by atoms with Crippen molar-refractivity contribution in [3.63, 3.8) is 0 Å². The lowest BCUT2D eigenvalue weighted by molar-refractivity contribution is 0.241. The van der Waals surface area contributed by atoms with E-state index in [0.717, 1.165) is 24.5 Å². The van der Waals surface area contributed by atoms with E-state index in [0.29, 0.717) is 12.1 Å². The second-order valence-corrected chi connectivity index (χ2v) is 6.74. The molecule has 4 heteroatoms. The Kier molecular flexibility index (Phi) is 9.41. The molecule has 0 aliphatic heterocycles. The normalized spacial score (nSPS) is 14.4. The van der Waals surface area contributed by atoms with Crippen LogP contribution in [0.25, 0.3) is 0 Å². The molecule has 1 aromatic rings. The van der Waals surface area contributed by atoms with E-state index in [2.05, 4.69) is 49.5 Å². The van der Waals surface area contributed by atoms with Crippen molar-refractivity contribution >= 4 is 23.4 Å². The van der Waals surface area contributed by atoms with Gasteiger partial charge in [0.1, 0.15) is 0 Å². The van der Waals surface area contributed by atoms with E-state index >= 15 is 0 Å². The summed E-state index contributed by atoms with van der Waals surface area (Å²) in [5, 5.41) is 4.43. The first kappa shape index (κ1) is 18.8. The molecule has 0 aromatic heterocycles. The Morgan fingerprint density at radius 1 is 1.29 bits per heavy atom. The minimum atomic E-state index is 0.331. The van der Waals surface area contributed by atoms with Gasteiger partial charge in [-0.1, -0.05) is 43.6 Å². The van der Waals surface area contributed by atoms with Crippen LogP contribution in [0.2, 0.25) is 5.02 Å². The summed E-state index contributed by atoms with van der Waals surface area (Å²) in [6.45, 7) is 6.47. The van der Waals surface area contributed by atoms with Gasteiger partial charge in [-0.3, -0.25) is 0 Å². The highest BCUT2D eigenvalue weighted by atomic mass is 35.5. The molecule has 2 unspecified atom stereocenters. The molecule has 120 valence electrons. The number of thioether (sulfide) groups is 1. The van der Waals surface area contributed by atoms with Gasteiger partial charge in [0, 0.05) is 22.9 Å². The third-order valence-corrected chi connectivity index (χ3v) is 5.02. The third kappa shape index (κ3) is 6.19. The maximum Gasteiger partial charge on any atom is 0.0453 e. The van der Waals surface area contributed by atoms with Crippen molar-refractivity contribution in [3.8, 4) is 0 Å². The van der Waals surface area contributed by atoms with Gasteiger partial charge in [-0.25, -0.2) is 0 Å². The van der Waals surface area contributed by atoms with Crippen molar-refractivity contribution in [1.29, 1.82) is 0 Å². The lowest BCUT2D eigenvalue weighted by Crippen LogP contribution is -2.36. The zero-order chi connectivity index (χ0) is 15.7. The molecule has 1 N–H and O–H groups in total. The van der Waals surface area contributed by atoms with Crippen LogP contribution in [-0.2, 0) is 0 Å². The van der Waals surface area contributed by atoms with Crippen molar-refractivity contribution < 1.29 is 0 Å². The van der Waals surface area contributed by atoms with E-state index in [1.54, 1.807) is 0 Å². The molecular weight excluding hydrogens is 300 g/mol. The zero-order valence-electron chi connectivity index (χ0n) is 13.7. The second-order valence-electron chi connectivity index (χ2n) is 5.42. The first-order valence-corrected chi connectivity index (χ1v) is 9.58. The van der Waals surface area contributed by atoms with Crippen molar-refractivity contribution in [2.75, 3.05) is 32.1 Å². The van der Waals surface area contributed by atoms with E-state index in [-0.39, 0.29) is 0 Å². The number of nitrogens with one attached hydrogen (secondary N) is 1. The Hall–Kier alpha value is -0.220. The summed E-state index contributed by atoms with van der Waals surface area (Å²) in [7, 11) is 2.24. The molecule has 0 amide bonds. The van der Waals surface area contributed by atoms with Crippen molar-refractivity contribution in [1.82, 2.24) is 10.2 Å². The van der Waals surface area contributed by atoms with Crippen molar-refractivity contribution in [2.24, 2.45) is 0 Å². The molecule has 0 fully saturated rings. The molecule has 2 nitrogen and oxygen atoms in total. The highest BCUT2D eigenvalue weighted by Gasteiger charge is 2.17. The summed E-state index contributed by atoms with van der Waals surface area (Å²) in [6.07, 6.45) is 4.47. The van der Waals surface area contributed by atoms with Crippen molar-refractivity contribution in [2.45, 2.75) is 38.8 Å². The van der Waals surface area contributed by atoms with Gasteiger partial charge in [0.25, 0.3) is 0 Å². The number of hydrogen-bond donors (Lipinski definition) is 1. The van der Waals surface area contributed by atoms with Crippen LogP contribution in [-0.4, -0.2) is 43.1 Å². The largest absolute Gasteiger partial charge is 0.310 e. The molecule has 0 saturated heterocycles. The molecule has 21 heavy (non-hydrogen) atoms. The van der Waals surface area contributed by atoms with Crippen LogP contribution in [0.4, 0.5) is 0 Å². The summed E-state index contributed by atoms with van der Waals surface area (Å²) in [5.41, 5.74) is 1.22. The SMILES string of the molecule is CCNC(CCN(C)C(CC)CSC)c1ccccc1Cl. The first-order valence-electron chi connectivity index (χ1n) is 7.80. The van der Waals surface area contributed by atoms with Gasteiger partial charge in [-0.05, 0) is 50.9 Å². The molecule has 0 radical (unpaired) electrons. The molecule has 0 bridgehead atoms. The molecule has 0 saturated carbocycles. The fourth-order valence-electron chi connectivity index (χ4n) is 2.64. The Morgan fingerprint density at radius 3 is 2.57 bits per heavy atom. The summed E-state index contributed by atoms with van der Waals surface area (Å²) in [6, 6.07) is 9.17. The van der Waals surface area contributed by atoms with Gasteiger partial charge in [0.15, 0.2) is 0 Å². The second kappa shape index (κ2) is 10.5. The van der Waals surface area contributed by atoms with E-state index < -0.39 is 0 Å². The molecule has 0 heterocycles. The Balaban J connectivity index is 2.65. The smallest absolute Gasteiger partial charge is 0.0453 e. The average molecular weight is 329 g/mol. The summed E-state index contributed by atoms with van der Waals surface area (Å²) in [5.74, 6) is 1.20. The molecular formula is C17H29ClN2S. The number of halogens is 1. The van der Waals surface area contributed by atoms with Crippen LogP contribution in [0, 0.1) is 0 Å². The standard InChI is InChI=1S/C17H29ClN2S/c1-5-14(13-21-4)20(3)12-11-17(19-6-2)15-9-7-8-10-16(15)18/h7-10,14,17,19H,5-6,11-13H2,1-4H3. The predicted octanol–water partition coefficient (Wildman–Crippen LogP) is 4.45. The highest BCUT2D eigenvalue weighted by molar-refractivity contribution is 7.98. The van der Waals surface area contributed by atoms with Crippen LogP contribution >= 0.6 is 23.4 Å². The summed E-state index contributed by atoms with van der Waals surface area (Å²) < 4.78 is 0. The molecule has 0 aliphatic carbocycles. The van der Waals surface area contributed by atoms with Crippen LogP contribution in [0.15, 0.2) is 24.3 Å². The minimum absolute atomic E-state index is 0.331. The zero-order valence-corrected chi connectivity index (χ0v) is 15.3. The first-order chi connectivity index (χ1) is 10.1. The average Bonchev–Trinajstić information content (AvgIpc) is 2.49. The molecule has 1 rings (SSSR count). The summed E-state index contributed by atoms with van der Waals surface area (Å²) >= 11 is 8.28. The summed E-state index contributed by atoms with van der Waals surface area (Å²) in [4.78, 5) is 2.48. The quantitative estimate of drug-likeness (QED) is 0.683. The van der Waals surface area contributed by atoms with Gasteiger partial charge in [0.05, 0.1) is 0 Å². The maximum atomic E-state index is 6.35. The van der Waals surface area contributed by atoms with Crippen LogP contribution in [0.5, 0.6) is 0 Å². The Morgan fingerprint density at radius 2 is 2.00 bits per heavy atom. The lowest BCUT2D eigenvalue weighted by Gasteiger charge is -2.29. The van der Waals surface area contributed by atoms with Gasteiger partial charge in [-0.15, -0.1) is 0 Å². The van der Waals surface area contributed by atoms with E-state index in [1.165, 1.54) is 17.7 Å². The van der Waals surface area contributed by atoms with Crippen molar-refractivity contribution in [3.05, 3.63) is 34.9 Å². The maximum absolute atomic E-state index is 6.35.